The van der Waals surface area contributed by atoms with E-state index in [1.54, 1.807) is 0 Å². The maximum atomic E-state index is 10.8. The molecule has 1 saturated carbocycles. The van der Waals surface area contributed by atoms with E-state index in [9.17, 15) is 5.11 Å². The molecule has 0 heterocycles. The van der Waals surface area contributed by atoms with Crippen molar-refractivity contribution in [3.8, 4) is 5.75 Å². The van der Waals surface area contributed by atoms with Crippen LogP contribution >= 0.6 is 0 Å². The summed E-state index contributed by atoms with van der Waals surface area (Å²) >= 11 is 0. The van der Waals surface area contributed by atoms with Gasteiger partial charge in [-0.15, -0.1) is 0 Å². The van der Waals surface area contributed by atoms with Crippen molar-refractivity contribution in [3.63, 3.8) is 0 Å². The first-order valence-corrected chi connectivity index (χ1v) is 9.30. The number of hydrogen-bond acceptors (Lipinski definition) is 2. The van der Waals surface area contributed by atoms with Gasteiger partial charge in [0.15, 0.2) is 0 Å². The predicted octanol–water partition coefficient (Wildman–Crippen LogP) is 5.23. The molecule has 1 fully saturated rings. The minimum Gasteiger partial charge on any atom is -0.507 e. The molecule has 0 saturated heterocycles. The van der Waals surface area contributed by atoms with Crippen molar-refractivity contribution < 1.29 is 5.11 Å². The summed E-state index contributed by atoms with van der Waals surface area (Å²) in [6, 6.07) is 4.59. The maximum Gasteiger partial charge on any atom is 0.122 e. The van der Waals surface area contributed by atoms with Gasteiger partial charge in [0, 0.05) is 0 Å². The number of aryl methyl sites for hydroxylation is 1. The van der Waals surface area contributed by atoms with Gasteiger partial charge in [-0.2, -0.15) is 0 Å². The molecule has 0 spiro atoms. The van der Waals surface area contributed by atoms with Crippen molar-refractivity contribution in [3.05, 3.63) is 28.8 Å². The zero-order valence-electron chi connectivity index (χ0n) is 15.8. The van der Waals surface area contributed by atoms with Crippen LogP contribution in [0.1, 0.15) is 81.9 Å². The fourth-order valence-corrected chi connectivity index (χ4v) is 3.74. The van der Waals surface area contributed by atoms with E-state index in [1.807, 2.05) is 0 Å². The van der Waals surface area contributed by atoms with Crippen molar-refractivity contribution >= 4 is 0 Å². The number of phenolic OH excluding ortho intramolecular Hbond substituents is 1. The third-order valence-corrected chi connectivity index (χ3v) is 5.15. The minimum absolute atomic E-state index is 0.00887. The summed E-state index contributed by atoms with van der Waals surface area (Å²) in [7, 11) is 4.22. The molecule has 0 radical (unpaired) electrons. The summed E-state index contributed by atoms with van der Waals surface area (Å²) in [6.07, 6.45) is 8.78. The molecule has 0 unspecified atom stereocenters. The lowest BCUT2D eigenvalue weighted by molar-refractivity contribution is 0.395. The van der Waals surface area contributed by atoms with E-state index < -0.39 is 0 Å². The Hall–Kier alpha value is -1.02. The van der Waals surface area contributed by atoms with Crippen LogP contribution in [0.4, 0.5) is 0 Å². The first-order chi connectivity index (χ1) is 10.8. The highest BCUT2D eigenvalue weighted by molar-refractivity contribution is 5.48. The monoisotopic (exact) mass is 317 g/mol. The Balaban J connectivity index is 2.31. The molecule has 1 aromatic carbocycles. The first kappa shape index (κ1) is 18.3. The number of rotatable bonds is 5. The second-order valence-corrected chi connectivity index (χ2v) is 8.57. The van der Waals surface area contributed by atoms with E-state index in [0.29, 0.717) is 11.7 Å². The molecule has 0 amide bonds. The Morgan fingerprint density at radius 2 is 1.74 bits per heavy atom. The van der Waals surface area contributed by atoms with Gasteiger partial charge in [-0.3, -0.25) is 0 Å². The molecular weight excluding hydrogens is 282 g/mol. The Morgan fingerprint density at radius 1 is 1.09 bits per heavy atom. The third-order valence-electron chi connectivity index (χ3n) is 5.15. The Morgan fingerprint density at radius 3 is 2.30 bits per heavy atom. The number of aromatic hydroxyl groups is 1. The average Bonchev–Trinajstić information content (AvgIpc) is 2.48. The topological polar surface area (TPSA) is 23.5 Å². The molecule has 1 aliphatic rings. The fraction of sp³-hybridized carbons (Fsp3) is 0.714. The molecule has 0 aromatic heterocycles. The molecule has 130 valence electrons. The second kappa shape index (κ2) is 7.70. The van der Waals surface area contributed by atoms with Crippen molar-refractivity contribution in [1.29, 1.82) is 0 Å². The lowest BCUT2D eigenvalue weighted by Gasteiger charge is -2.28. The summed E-state index contributed by atoms with van der Waals surface area (Å²) in [5.74, 6) is 1.23. The summed E-state index contributed by atoms with van der Waals surface area (Å²) in [5.41, 5.74) is 3.73. The van der Waals surface area contributed by atoms with Gasteiger partial charge in [0.1, 0.15) is 5.75 Å². The van der Waals surface area contributed by atoms with Crippen molar-refractivity contribution in [2.24, 2.45) is 0 Å². The molecule has 2 heteroatoms. The predicted molar refractivity (Wildman–Crippen MR) is 99.5 cm³/mol. The van der Waals surface area contributed by atoms with Crippen LogP contribution in [0.5, 0.6) is 5.75 Å². The zero-order valence-corrected chi connectivity index (χ0v) is 15.8. The number of benzene rings is 1. The van der Waals surface area contributed by atoms with E-state index in [2.05, 4.69) is 51.9 Å². The number of nitrogens with zero attached hydrogens (tertiary/aromatic N) is 1. The molecule has 1 aliphatic carbocycles. The summed E-state index contributed by atoms with van der Waals surface area (Å²) in [6.45, 7) is 7.68. The van der Waals surface area contributed by atoms with Crippen molar-refractivity contribution in [2.75, 3.05) is 20.6 Å². The van der Waals surface area contributed by atoms with Crippen LogP contribution in [0, 0.1) is 0 Å². The fourth-order valence-electron chi connectivity index (χ4n) is 3.74. The molecule has 2 rings (SSSR count). The molecule has 0 bridgehead atoms. The van der Waals surface area contributed by atoms with Crippen LogP contribution in [0.2, 0.25) is 0 Å². The second-order valence-electron chi connectivity index (χ2n) is 8.57. The maximum absolute atomic E-state index is 10.8. The molecule has 0 aliphatic heterocycles. The van der Waals surface area contributed by atoms with Crippen molar-refractivity contribution in [1.82, 2.24) is 4.90 Å². The van der Waals surface area contributed by atoms with Crippen LogP contribution in [0.3, 0.4) is 0 Å². The average molecular weight is 318 g/mol. The quantitative estimate of drug-likeness (QED) is 0.803. The molecule has 2 nitrogen and oxygen atoms in total. The first-order valence-electron chi connectivity index (χ1n) is 9.30. The van der Waals surface area contributed by atoms with Crippen LogP contribution in [-0.2, 0) is 11.8 Å². The van der Waals surface area contributed by atoms with Gasteiger partial charge in [-0.05, 0) is 74.3 Å². The number of hydrogen-bond donors (Lipinski definition) is 1. The van der Waals surface area contributed by atoms with Gasteiger partial charge >= 0.3 is 0 Å². The van der Waals surface area contributed by atoms with E-state index >= 15 is 0 Å². The van der Waals surface area contributed by atoms with Crippen molar-refractivity contribution in [2.45, 2.75) is 77.0 Å². The Bertz CT molecular complexity index is 507. The van der Waals surface area contributed by atoms with Gasteiger partial charge in [0.25, 0.3) is 0 Å². The molecule has 23 heavy (non-hydrogen) atoms. The highest BCUT2D eigenvalue weighted by atomic mass is 16.3. The summed E-state index contributed by atoms with van der Waals surface area (Å²) in [4.78, 5) is 2.21. The summed E-state index contributed by atoms with van der Waals surface area (Å²) < 4.78 is 0. The molecule has 0 atom stereocenters. The van der Waals surface area contributed by atoms with Crippen LogP contribution < -0.4 is 0 Å². The van der Waals surface area contributed by atoms with Gasteiger partial charge in [-0.25, -0.2) is 0 Å². The van der Waals surface area contributed by atoms with Crippen LogP contribution in [0.25, 0.3) is 0 Å². The normalized spacial score (nSPS) is 17.0. The van der Waals surface area contributed by atoms with Crippen LogP contribution in [0.15, 0.2) is 12.1 Å². The van der Waals surface area contributed by atoms with E-state index in [1.165, 1.54) is 37.7 Å². The van der Waals surface area contributed by atoms with Gasteiger partial charge < -0.3 is 10.0 Å². The largest absolute Gasteiger partial charge is 0.507 e. The van der Waals surface area contributed by atoms with Gasteiger partial charge in [-0.1, -0.05) is 52.2 Å². The minimum atomic E-state index is -0.00887. The standard InChI is InChI=1S/C21H35NO/c1-21(2,3)19-15-18(16-10-7-6-8-11-16)14-17(20(19)23)12-9-13-22(4)5/h14-16,23H,6-13H2,1-5H3. The number of phenols is 1. The van der Waals surface area contributed by atoms with Crippen LogP contribution in [-0.4, -0.2) is 30.6 Å². The highest BCUT2D eigenvalue weighted by Crippen LogP contribution is 2.40. The highest BCUT2D eigenvalue weighted by Gasteiger charge is 2.24. The van der Waals surface area contributed by atoms with E-state index in [0.717, 1.165) is 30.5 Å². The lowest BCUT2D eigenvalue weighted by Crippen LogP contribution is -2.16. The van der Waals surface area contributed by atoms with E-state index in [4.69, 9.17) is 0 Å². The zero-order chi connectivity index (χ0) is 17.0. The molecule has 1 aromatic rings. The van der Waals surface area contributed by atoms with Gasteiger partial charge in [0.2, 0.25) is 0 Å². The summed E-state index contributed by atoms with van der Waals surface area (Å²) in [5, 5.41) is 10.8. The SMILES string of the molecule is CN(C)CCCc1cc(C2CCCCC2)cc(C(C)(C)C)c1O. The lowest BCUT2D eigenvalue weighted by atomic mass is 9.78. The van der Waals surface area contributed by atoms with Gasteiger partial charge in [0.05, 0.1) is 0 Å². The Labute approximate surface area is 142 Å². The third kappa shape index (κ3) is 4.97. The molecule has 1 N–H and O–H groups in total. The Kier molecular flexibility index (Phi) is 6.13. The smallest absolute Gasteiger partial charge is 0.122 e. The van der Waals surface area contributed by atoms with E-state index in [-0.39, 0.29) is 5.41 Å². The molecular formula is C21H35NO.